The van der Waals surface area contributed by atoms with Gasteiger partial charge in [-0.15, -0.1) is 0 Å². The Morgan fingerprint density at radius 1 is 0.889 bits per heavy atom. The molecule has 27 heavy (non-hydrogen) atoms. The van der Waals surface area contributed by atoms with Gasteiger partial charge < -0.3 is 0 Å². The number of pyridine rings is 1. The number of hydrogen-bond acceptors (Lipinski definition) is 2. The molecule has 0 amide bonds. The van der Waals surface area contributed by atoms with E-state index in [4.69, 9.17) is 0 Å². The Kier molecular flexibility index (Phi) is 5.90. The molecular weight excluding hydrogens is 330 g/mol. The topological polar surface area (TPSA) is 30.0 Å². The van der Waals surface area contributed by atoms with Gasteiger partial charge in [0, 0.05) is 24.4 Å². The van der Waals surface area contributed by atoms with E-state index < -0.39 is 0 Å². The van der Waals surface area contributed by atoms with Crippen molar-refractivity contribution in [2.75, 3.05) is 0 Å². The average Bonchev–Trinajstić information content (AvgIpc) is 2.70. The Morgan fingerprint density at radius 3 is 2.22 bits per heavy atom. The molecular formula is C25H33NO. The molecule has 2 heteroatoms. The van der Waals surface area contributed by atoms with E-state index in [-0.39, 0.29) is 0 Å². The number of benzene rings is 1. The van der Waals surface area contributed by atoms with Crippen molar-refractivity contribution in [3.63, 3.8) is 0 Å². The van der Waals surface area contributed by atoms with Crippen LogP contribution in [-0.4, -0.2) is 10.8 Å². The maximum atomic E-state index is 12.6. The quantitative estimate of drug-likeness (QED) is 0.592. The smallest absolute Gasteiger partial charge is 0.133 e. The second-order valence-corrected chi connectivity index (χ2v) is 9.21. The summed E-state index contributed by atoms with van der Waals surface area (Å²) in [5.41, 5.74) is 2.57. The lowest BCUT2D eigenvalue weighted by Gasteiger charge is -2.30. The fourth-order valence-corrected chi connectivity index (χ4v) is 5.41. The third-order valence-corrected chi connectivity index (χ3v) is 7.14. The van der Waals surface area contributed by atoms with Crippen molar-refractivity contribution in [1.29, 1.82) is 0 Å². The van der Waals surface area contributed by atoms with Gasteiger partial charge in [-0.3, -0.25) is 9.78 Å². The Labute approximate surface area is 163 Å². The van der Waals surface area contributed by atoms with Crippen LogP contribution in [0.3, 0.4) is 0 Å². The predicted molar refractivity (Wildman–Crippen MR) is 112 cm³/mol. The molecule has 2 saturated carbocycles. The SMILES string of the molecule is CC1CCC(CC(=O)CC2CCC(c3ccnc4ccccc34)CC2)CC1. The van der Waals surface area contributed by atoms with Crippen molar-refractivity contribution >= 4 is 16.7 Å². The van der Waals surface area contributed by atoms with E-state index in [1.54, 1.807) is 0 Å². The first-order valence-electron chi connectivity index (χ1n) is 11.0. The lowest BCUT2D eigenvalue weighted by molar-refractivity contribution is -0.121. The molecule has 2 aliphatic carbocycles. The van der Waals surface area contributed by atoms with Crippen molar-refractivity contribution in [3.05, 3.63) is 42.1 Å². The molecule has 2 fully saturated rings. The molecule has 0 bridgehead atoms. The van der Waals surface area contributed by atoms with Crippen molar-refractivity contribution in [3.8, 4) is 0 Å². The number of para-hydroxylation sites is 1. The molecule has 0 radical (unpaired) electrons. The van der Waals surface area contributed by atoms with E-state index in [1.807, 2.05) is 6.20 Å². The summed E-state index contributed by atoms with van der Waals surface area (Å²) >= 11 is 0. The molecule has 0 aliphatic heterocycles. The minimum atomic E-state index is 0.535. The van der Waals surface area contributed by atoms with Gasteiger partial charge in [-0.05, 0) is 79.9 Å². The summed E-state index contributed by atoms with van der Waals surface area (Å²) in [6, 6.07) is 10.7. The van der Waals surface area contributed by atoms with Gasteiger partial charge in [0.2, 0.25) is 0 Å². The Morgan fingerprint density at radius 2 is 1.52 bits per heavy atom. The number of carbonyl (C=O) groups excluding carboxylic acids is 1. The summed E-state index contributed by atoms with van der Waals surface area (Å²) < 4.78 is 0. The third kappa shape index (κ3) is 4.59. The van der Waals surface area contributed by atoms with Crippen LogP contribution in [0.1, 0.15) is 82.6 Å². The van der Waals surface area contributed by atoms with Gasteiger partial charge in [-0.25, -0.2) is 0 Å². The summed E-state index contributed by atoms with van der Waals surface area (Å²) in [7, 11) is 0. The fraction of sp³-hybridized carbons (Fsp3) is 0.600. The van der Waals surface area contributed by atoms with Crippen LogP contribution in [0.5, 0.6) is 0 Å². The minimum Gasteiger partial charge on any atom is -0.300 e. The first-order chi connectivity index (χ1) is 13.2. The molecule has 1 aromatic carbocycles. The van der Waals surface area contributed by atoms with Gasteiger partial charge in [0.25, 0.3) is 0 Å². The molecule has 144 valence electrons. The zero-order valence-electron chi connectivity index (χ0n) is 16.7. The largest absolute Gasteiger partial charge is 0.300 e. The highest BCUT2D eigenvalue weighted by Crippen LogP contribution is 2.40. The lowest BCUT2D eigenvalue weighted by atomic mass is 9.75. The number of nitrogens with zero attached hydrogens (tertiary/aromatic N) is 1. The summed E-state index contributed by atoms with van der Waals surface area (Å²) in [6.07, 6.45) is 13.7. The Hall–Kier alpha value is -1.70. The maximum Gasteiger partial charge on any atom is 0.133 e. The van der Waals surface area contributed by atoms with Crippen molar-refractivity contribution < 1.29 is 4.79 Å². The fourth-order valence-electron chi connectivity index (χ4n) is 5.41. The van der Waals surface area contributed by atoms with E-state index in [0.717, 1.165) is 24.3 Å². The van der Waals surface area contributed by atoms with Crippen LogP contribution in [0.4, 0.5) is 0 Å². The summed E-state index contributed by atoms with van der Waals surface area (Å²) in [6.45, 7) is 2.35. The molecule has 2 aliphatic rings. The molecule has 0 atom stereocenters. The summed E-state index contributed by atoms with van der Waals surface area (Å²) in [4.78, 5) is 17.1. The van der Waals surface area contributed by atoms with Gasteiger partial charge in [0.1, 0.15) is 5.78 Å². The van der Waals surface area contributed by atoms with Crippen LogP contribution in [0.2, 0.25) is 0 Å². The molecule has 1 aromatic heterocycles. The van der Waals surface area contributed by atoms with E-state index in [1.165, 1.54) is 62.3 Å². The standard InChI is InChI=1S/C25H33NO/c1-18-6-8-19(9-7-18)16-22(27)17-20-10-12-21(13-11-20)23-14-15-26-25-5-3-2-4-24(23)25/h2-5,14-15,18-21H,6-13,16-17H2,1H3. The minimum absolute atomic E-state index is 0.535. The lowest BCUT2D eigenvalue weighted by Crippen LogP contribution is -2.20. The van der Waals surface area contributed by atoms with Crippen LogP contribution < -0.4 is 0 Å². The van der Waals surface area contributed by atoms with Gasteiger partial charge >= 0.3 is 0 Å². The molecule has 1 heterocycles. The van der Waals surface area contributed by atoms with E-state index in [0.29, 0.717) is 23.5 Å². The number of ketones is 1. The van der Waals surface area contributed by atoms with Crippen LogP contribution in [0.25, 0.3) is 10.9 Å². The molecule has 0 unspecified atom stereocenters. The molecule has 4 rings (SSSR count). The highest BCUT2D eigenvalue weighted by molar-refractivity contribution is 5.82. The van der Waals surface area contributed by atoms with E-state index >= 15 is 0 Å². The first kappa shape index (κ1) is 18.7. The monoisotopic (exact) mass is 363 g/mol. The predicted octanol–water partition coefficient (Wildman–Crippen LogP) is 6.68. The Balaban J connectivity index is 1.29. The van der Waals surface area contributed by atoms with Crippen LogP contribution in [-0.2, 0) is 4.79 Å². The summed E-state index contributed by atoms with van der Waals surface area (Å²) in [5.74, 6) is 3.32. The van der Waals surface area contributed by atoms with Crippen LogP contribution in [0, 0.1) is 17.8 Å². The molecule has 0 saturated heterocycles. The average molecular weight is 364 g/mol. The highest BCUT2D eigenvalue weighted by Gasteiger charge is 2.27. The zero-order valence-corrected chi connectivity index (χ0v) is 16.7. The summed E-state index contributed by atoms with van der Waals surface area (Å²) in [5, 5.41) is 1.31. The van der Waals surface area contributed by atoms with Crippen LogP contribution in [0.15, 0.2) is 36.5 Å². The van der Waals surface area contributed by atoms with Crippen LogP contribution >= 0.6 is 0 Å². The molecule has 2 aromatic rings. The molecule has 0 N–H and O–H groups in total. The zero-order chi connectivity index (χ0) is 18.6. The molecule has 2 nitrogen and oxygen atoms in total. The van der Waals surface area contributed by atoms with Gasteiger partial charge in [0.05, 0.1) is 5.52 Å². The third-order valence-electron chi connectivity index (χ3n) is 7.14. The number of hydrogen-bond donors (Lipinski definition) is 0. The maximum absolute atomic E-state index is 12.6. The van der Waals surface area contributed by atoms with Crippen molar-refractivity contribution in [2.45, 2.75) is 77.0 Å². The van der Waals surface area contributed by atoms with Crippen molar-refractivity contribution in [1.82, 2.24) is 4.98 Å². The number of carbonyl (C=O) groups is 1. The number of rotatable bonds is 5. The van der Waals surface area contributed by atoms with Gasteiger partial charge in [-0.1, -0.05) is 38.0 Å². The molecule has 0 spiro atoms. The van der Waals surface area contributed by atoms with Crippen molar-refractivity contribution in [2.24, 2.45) is 17.8 Å². The van der Waals surface area contributed by atoms with Gasteiger partial charge in [-0.2, -0.15) is 0 Å². The Bertz CT molecular complexity index is 761. The van der Waals surface area contributed by atoms with E-state index in [9.17, 15) is 4.79 Å². The van der Waals surface area contributed by atoms with Gasteiger partial charge in [0.15, 0.2) is 0 Å². The number of aromatic nitrogens is 1. The second-order valence-electron chi connectivity index (χ2n) is 9.21. The first-order valence-corrected chi connectivity index (χ1v) is 11.0. The normalized spacial score (nSPS) is 28.9. The van der Waals surface area contributed by atoms with E-state index in [2.05, 4.69) is 42.2 Å². The number of Topliss-reactive ketones (excluding diaryl/α,β-unsaturated/α-hetero) is 1. The number of fused-ring (bicyclic) bond motifs is 1. The second kappa shape index (κ2) is 8.54. The highest BCUT2D eigenvalue weighted by atomic mass is 16.1.